The molecule has 1 aromatic carbocycles. The van der Waals surface area contributed by atoms with Gasteiger partial charge in [0.2, 0.25) is 5.91 Å². The number of H-pyrrole nitrogens is 1. The zero-order valence-electron chi connectivity index (χ0n) is 12.4. The summed E-state index contributed by atoms with van der Waals surface area (Å²) in [5, 5.41) is 9.53. The Morgan fingerprint density at radius 3 is 2.77 bits per heavy atom. The van der Waals surface area contributed by atoms with Crippen LogP contribution >= 0.6 is 12.2 Å². The Morgan fingerprint density at radius 2 is 2.14 bits per heavy atom. The molecular weight excluding hydrogens is 303 g/mol. The molecule has 0 bridgehead atoms. The van der Waals surface area contributed by atoms with E-state index in [2.05, 4.69) is 15.5 Å². The van der Waals surface area contributed by atoms with E-state index in [0.29, 0.717) is 17.1 Å². The smallest absolute Gasteiger partial charge is 0.244 e. The zero-order chi connectivity index (χ0) is 16.1. The van der Waals surface area contributed by atoms with Gasteiger partial charge in [0.15, 0.2) is 10.6 Å². The number of nitrogens with one attached hydrogen (secondary N) is 2. The van der Waals surface area contributed by atoms with Gasteiger partial charge in [0.25, 0.3) is 0 Å². The molecule has 0 atom stereocenters. The number of aromatic amines is 1. The van der Waals surface area contributed by atoms with Crippen molar-refractivity contribution in [1.82, 2.24) is 20.1 Å². The third-order valence-corrected chi connectivity index (χ3v) is 3.53. The highest BCUT2D eigenvalue weighted by molar-refractivity contribution is 7.71. The van der Waals surface area contributed by atoms with Crippen molar-refractivity contribution in [1.29, 1.82) is 0 Å². The Kier molecular flexibility index (Phi) is 5.21. The van der Waals surface area contributed by atoms with E-state index in [1.807, 2.05) is 11.5 Å². The van der Waals surface area contributed by atoms with Crippen molar-refractivity contribution >= 4 is 23.7 Å². The summed E-state index contributed by atoms with van der Waals surface area (Å²) < 4.78 is 15.2. The predicted molar refractivity (Wildman–Crippen MR) is 85.0 cm³/mol. The molecule has 1 heterocycles. The minimum absolute atomic E-state index is 0.238. The second kappa shape index (κ2) is 7.13. The van der Waals surface area contributed by atoms with Crippen molar-refractivity contribution in [2.75, 3.05) is 0 Å². The molecule has 0 aliphatic carbocycles. The molecule has 0 fully saturated rings. The maximum Gasteiger partial charge on any atom is 0.244 e. The standard InChI is InChI=1S/C15H17FN4OS/c1-3-20-13(18-19-15(20)22)9-17-14(21)8-10(2)11-4-6-12(16)7-5-11/h4-8H,3,9H2,1-2H3,(H,17,21)(H,19,22)/b10-8+. The molecule has 0 saturated heterocycles. The Morgan fingerprint density at radius 1 is 1.45 bits per heavy atom. The predicted octanol–water partition coefficient (Wildman–Crippen LogP) is 2.82. The maximum atomic E-state index is 12.9. The van der Waals surface area contributed by atoms with Crippen molar-refractivity contribution < 1.29 is 9.18 Å². The van der Waals surface area contributed by atoms with Gasteiger partial charge in [-0.05, 0) is 49.3 Å². The summed E-state index contributed by atoms with van der Waals surface area (Å²) in [5.41, 5.74) is 1.56. The van der Waals surface area contributed by atoms with Crippen LogP contribution in [0.3, 0.4) is 0 Å². The van der Waals surface area contributed by atoms with Crippen molar-refractivity contribution in [3.63, 3.8) is 0 Å². The number of rotatable bonds is 5. The summed E-state index contributed by atoms with van der Waals surface area (Å²) in [6.45, 7) is 4.72. The normalized spacial score (nSPS) is 11.5. The minimum atomic E-state index is -0.302. The minimum Gasteiger partial charge on any atom is -0.345 e. The third kappa shape index (κ3) is 3.88. The Hall–Kier alpha value is -2.28. The van der Waals surface area contributed by atoms with E-state index in [1.165, 1.54) is 18.2 Å². The summed E-state index contributed by atoms with van der Waals surface area (Å²) >= 11 is 5.09. The Labute approximate surface area is 132 Å². The Bertz CT molecular complexity index is 746. The fraction of sp³-hybridized carbons (Fsp3) is 0.267. The molecule has 1 amide bonds. The average Bonchev–Trinajstić information content (AvgIpc) is 2.85. The summed E-state index contributed by atoms with van der Waals surface area (Å²) in [4.78, 5) is 11.9. The molecule has 7 heteroatoms. The first-order valence-electron chi connectivity index (χ1n) is 6.87. The monoisotopic (exact) mass is 320 g/mol. The van der Waals surface area contributed by atoms with Crippen LogP contribution in [0.25, 0.3) is 5.57 Å². The number of hydrogen-bond acceptors (Lipinski definition) is 3. The van der Waals surface area contributed by atoms with Crippen molar-refractivity contribution in [3.8, 4) is 0 Å². The summed E-state index contributed by atoms with van der Waals surface area (Å²) in [5.74, 6) is 0.135. The first kappa shape index (κ1) is 16.1. The lowest BCUT2D eigenvalue weighted by Crippen LogP contribution is -2.23. The van der Waals surface area contributed by atoms with Gasteiger partial charge in [-0.15, -0.1) is 0 Å². The highest BCUT2D eigenvalue weighted by Crippen LogP contribution is 2.13. The zero-order valence-corrected chi connectivity index (χ0v) is 13.2. The molecular formula is C15H17FN4OS. The topological polar surface area (TPSA) is 62.7 Å². The summed E-state index contributed by atoms with van der Waals surface area (Å²) in [7, 11) is 0. The van der Waals surface area contributed by atoms with Crippen LogP contribution < -0.4 is 5.32 Å². The summed E-state index contributed by atoms with van der Waals surface area (Å²) in [6, 6.07) is 6.00. The molecule has 0 aliphatic heterocycles. The van der Waals surface area contributed by atoms with E-state index < -0.39 is 0 Å². The van der Waals surface area contributed by atoms with Gasteiger partial charge in [-0.3, -0.25) is 9.89 Å². The number of benzene rings is 1. The average molecular weight is 320 g/mol. The van der Waals surface area contributed by atoms with E-state index in [4.69, 9.17) is 12.2 Å². The van der Waals surface area contributed by atoms with Gasteiger partial charge >= 0.3 is 0 Å². The van der Waals surface area contributed by atoms with Crippen molar-refractivity contribution in [2.24, 2.45) is 0 Å². The van der Waals surface area contributed by atoms with Crippen LogP contribution in [0.15, 0.2) is 30.3 Å². The molecule has 1 aromatic heterocycles. The van der Waals surface area contributed by atoms with Crippen LogP contribution in [-0.2, 0) is 17.9 Å². The van der Waals surface area contributed by atoms with E-state index in [-0.39, 0.29) is 18.3 Å². The van der Waals surface area contributed by atoms with Gasteiger partial charge in [-0.1, -0.05) is 12.1 Å². The molecule has 2 rings (SSSR count). The number of hydrogen-bond donors (Lipinski definition) is 2. The molecule has 5 nitrogen and oxygen atoms in total. The van der Waals surface area contributed by atoms with Gasteiger partial charge in [-0.25, -0.2) is 4.39 Å². The molecule has 0 aliphatic rings. The number of allylic oxidation sites excluding steroid dienone is 1. The molecule has 0 radical (unpaired) electrons. The van der Waals surface area contributed by atoms with Crippen LogP contribution in [0, 0.1) is 10.6 Å². The van der Waals surface area contributed by atoms with Gasteiger partial charge in [0.05, 0.1) is 6.54 Å². The first-order valence-corrected chi connectivity index (χ1v) is 7.28. The maximum absolute atomic E-state index is 12.9. The molecule has 2 aromatic rings. The lowest BCUT2D eigenvalue weighted by molar-refractivity contribution is -0.116. The van der Waals surface area contributed by atoms with E-state index in [1.54, 1.807) is 19.1 Å². The molecule has 0 saturated carbocycles. The second-order valence-electron chi connectivity index (χ2n) is 4.74. The van der Waals surface area contributed by atoms with Gasteiger partial charge in [0.1, 0.15) is 5.82 Å². The molecule has 116 valence electrons. The van der Waals surface area contributed by atoms with Gasteiger partial charge in [-0.2, -0.15) is 5.10 Å². The molecule has 2 N–H and O–H groups in total. The van der Waals surface area contributed by atoms with Gasteiger partial charge in [0, 0.05) is 12.6 Å². The van der Waals surface area contributed by atoms with Crippen LogP contribution in [-0.4, -0.2) is 20.7 Å². The quantitative estimate of drug-likeness (QED) is 0.658. The second-order valence-corrected chi connectivity index (χ2v) is 5.13. The molecule has 0 spiro atoms. The van der Waals surface area contributed by atoms with Crippen LogP contribution in [0.1, 0.15) is 25.2 Å². The van der Waals surface area contributed by atoms with E-state index >= 15 is 0 Å². The number of nitrogens with zero attached hydrogens (tertiary/aromatic N) is 2. The number of halogens is 1. The fourth-order valence-electron chi connectivity index (χ4n) is 2.02. The number of carbonyl (C=O) groups is 1. The van der Waals surface area contributed by atoms with Crippen molar-refractivity contribution in [3.05, 3.63) is 52.3 Å². The lowest BCUT2D eigenvalue weighted by Gasteiger charge is -2.05. The van der Waals surface area contributed by atoms with Crippen LogP contribution in [0.4, 0.5) is 4.39 Å². The van der Waals surface area contributed by atoms with Crippen LogP contribution in [0.5, 0.6) is 0 Å². The largest absolute Gasteiger partial charge is 0.345 e. The number of aromatic nitrogens is 3. The lowest BCUT2D eigenvalue weighted by atomic mass is 10.1. The molecule has 22 heavy (non-hydrogen) atoms. The highest BCUT2D eigenvalue weighted by atomic mass is 32.1. The van der Waals surface area contributed by atoms with Gasteiger partial charge < -0.3 is 9.88 Å². The first-order chi connectivity index (χ1) is 10.5. The highest BCUT2D eigenvalue weighted by Gasteiger charge is 2.06. The Balaban J connectivity index is 2.01. The summed E-state index contributed by atoms with van der Waals surface area (Å²) in [6.07, 6.45) is 1.48. The fourth-order valence-corrected chi connectivity index (χ4v) is 2.30. The van der Waals surface area contributed by atoms with E-state index in [9.17, 15) is 9.18 Å². The van der Waals surface area contributed by atoms with Crippen molar-refractivity contribution in [2.45, 2.75) is 26.9 Å². The molecule has 0 unspecified atom stereocenters. The SMILES string of the molecule is CCn1c(CNC(=O)/C=C(\C)c2ccc(F)cc2)n[nH]c1=S. The number of carbonyl (C=O) groups excluding carboxylic acids is 1. The third-order valence-electron chi connectivity index (χ3n) is 3.22. The van der Waals surface area contributed by atoms with Crippen LogP contribution in [0.2, 0.25) is 0 Å². The van der Waals surface area contributed by atoms with E-state index in [0.717, 1.165) is 11.1 Å². The number of amides is 1.